The van der Waals surface area contributed by atoms with Crippen LogP contribution in [0.1, 0.15) is 88.3 Å². The molecule has 1 fully saturated rings. The fourth-order valence-electron chi connectivity index (χ4n) is 6.69. The maximum Gasteiger partial charge on any atom is 0.519 e. The summed E-state index contributed by atoms with van der Waals surface area (Å²) in [5, 5.41) is 12.7. The summed E-state index contributed by atoms with van der Waals surface area (Å²) >= 11 is 0. The average molecular weight is 796 g/mol. The number of fused-ring (bicyclic) bond motifs is 1. The number of nitrogens with zero attached hydrogens (tertiary/aromatic N) is 4. The molecule has 1 aromatic carbocycles. The van der Waals surface area contributed by atoms with Gasteiger partial charge in [0.05, 0.1) is 25.8 Å². The van der Waals surface area contributed by atoms with E-state index >= 15 is 0 Å². The van der Waals surface area contributed by atoms with Gasteiger partial charge in [-0.25, -0.2) is 14.6 Å². The Labute approximate surface area is 325 Å². The Morgan fingerprint density at radius 2 is 1.82 bits per heavy atom. The van der Waals surface area contributed by atoms with Gasteiger partial charge < -0.3 is 37.6 Å². The quantitative estimate of drug-likeness (QED) is 0.0628. The van der Waals surface area contributed by atoms with Gasteiger partial charge in [0.2, 0.25) is 0 Å². The highest BCUT2D eigenvalue weighted by Crippen LogP contribution is 2.42. The molecule has 1 aliphatic rings. The maximum absolute atomic E-state index is 14.9. The van der Waals surface area contributed by atoms with Gasteiger partial charge >= 0.3 is 35.9 Å². The molecule has 1 aliphatic heterocycles. The number of amides is 1. The molecule has 0 unspecified atom stereocenters. The Hall–Kier alpha value is -6.13. The topological polar surface area (TPSA) is 234 Å². The smallest absolute Gasteiger partial charge is 0.458 e. The van der Waals surface area contributed by atoms with E-state index in [1.807, 2.05) is 19.9 Å². The maximum atomic E-state index is 14.9. The van der Waals surface area contributed by atoms with Crippen LogP contribution >= 0.6 is 0 Å². The van der Waals surface area contributed by atoms with Crippen molar-refractivity contribution in [2.75, 3.05) is 11.9 Å². The van der Waals surface area contributed by atoms with Gasteiger partial charge in [0.1, 0.15) is 23.7 Å². The highest BCUT2D eigenvalue weighted by molar-refractivity contribution is 5.93. The molecule has 4 aromatic rings. The number of imidazole rings is 1. The van der Waals surface area contributed by atoms with Crippen molar-refractivity contribution >= 4 is 41.0 Å². The van der Waals surface area contributed by atoms with E-state index in [2.05, 4.69) is 26.2 Å². The zero-order chi connectivity index (χ0) is 42.0. The van der Waals surface area contributed by atoms with Crippen molar-refractivity contribution in [3.05, 3.63) is 63.4 Å². The molecule has 4 heterocycles. The lowest BCUT2D eigenvalue weighted by Crippen LogP contribution is -2.44. The first-order valence-electron chi connectivity index (χ1n) is 17.6. The lowest BCUT2D eigenvalue weighted by Gasteiger charge is -2.31. The van der Waals surface area contributed by atoms with E-state index in [1.165, 1.54) is 38.6 Å². The number of carbonyl (C=O) groups is 4. The third-order valence-electron chi connectivity index (χ3n) is 9.06. The summed E-state index contributed by atoms with van der Waals surface area (Å²) < 4.78 is 53.6. The number of hydrogen-bond acceptors (Lipinski definition) is 16. The first kappa shape index (κ1) is 42.0. The Balaban J connectivity index is 1.29. The minimum absolute atomic E-state index is 0.0186. The Morgan fingerprint density at radius 3 is 2.46 bits per heavy atom. The predicted octanol–water partition coefficient (Wildman–Crippen LogP) is 4.39. The van der Waals surface area contributed by atoms with Crippen LogP contribution in [0.2, 0.25) is 0 Å². The number of anilines is 1. The molecular formula is C38H42FN5O13. The van der Waals surface area contributed by atoms with Crippen molar-refractivity contribution < 1.29 is 61.2 Å². The summed E-state index contributed by atoms with van der Waals surface area (Å²) in [7, 11) is 0. The van der Waals surface area contributed by atoms with E-state index in [0.29, 0.717) is 11.3 Å². The fourth-order valence-corrected chi connectivity index (χ4v) is 6.69. The second-order valence-electron chi connectivity index (χ2n) is 14.8. The van der Waals surface area contributed by atoms with Crippen molar-refractivity contribution in [3.63, 3.8) is 0 Å². The minimum Gasteiger partial charge on any atom is -0.458 e. The summed E-state index contributed by atoms with van der Waals surface area (Å²) in [5.74, 6) is -0.482. The van der Waals surface area contributed by atoms with Gasteiger partial charge in [-0.3, -0.25) is 24.3 Å². The number of hydrogen-bond donors (Lipinski definition) is 2. The van der Waals surface area contributed by atoms with Crippen LogP contribution in [0.5, 0.6) is 5.75 Å². The molecule has 0 bridgehead atoms. The van der Waals surface area contributed by atoms with Crippen molar-refractivity contribution in [2.24, 2.45) is 0 Å². The zero-order valence-corrected chi connectivity index (χ0v) is 32.5. The number of ether oxygens (including phenoxy) is 5. The standard InChI is InChI=1S/C38H42FN5O13/c1-10-38(17-45)25(55-28(48)14-36(6,7)29-20(3)11-19(2)12-23(29)53-22(5)46)13-26(56-38)44-18-40-30-31(41-33(39)43-32(30)44)42-34(49)57-37(8,9)15-27(47)51-16-24-21(4)52-35(50)54-24/h1,11-12,18,25-26,45H,13-17H2,2-9H3,(H,41,42,43,49)/t25-,26+,38+/m0/s1. The third kappa shape index (κ3) is 9.47. The second kappa shape index (κ2) is 16.2. The average Bonchev–Trinajstić information content (AvgIpc) is 3.76. The van der Waals surface area contributed by atoms with E-state index < -0.39 is 83.7 Å². The van der Waals surface area contributed by atoms with Crippen LogP contribution in [0.15, 0.2) is 32.1 Å². The van der Waals surface area contributed by atoms with Gasteiger partial charge in [-0.2, -0.15) is 14.4 Å². The summed E-state index contributed by atoms with van der Waals surface area (Å²) in [5.41, 5.74) is -2.12. The van der Waals surface area contributed by atoms with Crippen molar-refractivity contribution in [2.45, 2.75) is 110 Å². The number of rotatable bonds is 13. The van der Waals surface area contributed by atoms with Gasteiger partial charge in [-0.05, 0) is 51.8 Å². The molecule has 18 nitrogen and oxygen atoms in total. The van der Waals surface area contributed by atoms with Crippen molar-refractivity contribution in [1.82, 2.24) is 19.5 Å². The Kier molecular flexibility index (Phi) is 11.9. The molecule has 57 heavy (non-hydrogen) atoms. The number of aliphatic hydroxyl groups excluding tert-OH is 1. The van der Waals surface area contributed by atoms with Crippen molar-refractivity contribution in [1.29, 1.82) is 0 Å². The number of carbonyl (C=O) groups excluding carboxylic acids is 4. The monoisotopic (exact) mass is 795 g/mol. The number of benzene rings is 1. The van der Waals surface area contributed by atoms with Gasteiger partial charge in [0.15, 0.2) is 40.7 Å². The SMILES string of the molecule is C#C[C@]1(CO)O[C@@H](n2cnc3c(NC(=O)OC(C)(C)CC(=O)OCc4oc(=O)oc4C)nc(F)nc32)C[C@@H]1OC(=O)CC(C)(C)c1c(C)cc(C)cc1OC(C)=O. The number of nitrogens with one attached hydrogen (secondary N) is 1. The molecule has 0 saturated carbocycles. The van der Waals surface area contributed by atoms with Crippen LogP contribution in [0, 0.1) is 39.2 Å². The summed E-state index contributed by atoms with van der Waals surface area (Å²) in [6.45, 7) is 11.7. The van der Waals surface area contributed by atoms with Gasteiger partial charge in [0, 0.05) is 24.3 Å². The van der Waals surface area contributed by atoms with Gasteiger partial charge in [0.25, 0.3) is 0 Å². The summed E-state index contributed by atoms with van der Waals surface area (Å²) in [6.07, 6.45) is 1.63. The molecule has 0 spiro atoms. The van der Waals surface area contributed by atoms with Crippen LogP contribution in [0.3, 0.4) is 0 Å². The Morgan fingerprint density at radius 1 is 1.11 bits per heavy atom. The molecule has 3 atom stereocenters. The van der Waals surface area contributed by atoms with Crippen molar-refractivity contribution in [3.8, 4) is 18.1 Å². The molecule has 19 heteroatoms. The normalized spacial score (nSPS) is 18.2. The molecule has 3 aromatic heterocycles. The molecule has 5 rings (SSSR count). The van der Waals surface area contributed by atoms with E-state index in [0.717, 1.165) is 11.1 Å². The van der Waals surface area contributed by atoms with Crippen LogP contribution < -0.4 is 15.9 Å². The summed E-state index contributed by atoms with van der Waals surface area (Å²) in [4.78, 5) is 73.7. The van der Waals surface area contributed by atoms with Crippen LogP contribution in [0.4, 0.5) is 15.0 Å². The molecule has 2 N–H and O–H groups in total. The number of halogens is 1. The van der Waals surface area contributed by atoms with Crippen LogP contribution in [-0.2, 0) is 45.4 Å². The van der Waals surface area contributed by atoms with Gasteiger partial charge in [-0.1, -0.05) is 25.8 Å². The predicted molar refractivity (Wildman–Crippen MR) is 194 cm³/mol. The number of terminal acetylenes is 1. The number of aromatic nitrogens is 4. The zero-order valence-electron chi connectivity index (χ0n) is 32.5. The number of aliphatic hydroxyl groups is 1. The molecule has 1 saturated heterocycles. The molecule has 1 amide bonds. The minimum atomic E-state index is -1.82. The van der Waals surface area contributed by atoms with E-state index in [-0.39, 0.29) is 42.1 Å². The molecule has 0 aliphatic carbocycles. The highest BCUT2D eigenvalue weighted by Gasteiger charge is 2.51. The first-order chi connectivity index (χ1) is 26.7. The largest absolute Gasteiger partial charge is 0.519 e. The fraction of sp³-hybridized carbons (Fsp3) is 0.474. The number of esters is 3. The van der Waals surface area contributed by atoms with E-state index in [9.17, 15) is 33.5 Å². The lowest BCUT2D eigenvalue weighted by molar-refractivity contribution is -0.160. The lowest BCUT2D eigenvalue weighted by atomic mass is 9.78. The van der Waals surface area contributed by atoms with Gasteiger partial charge in [-0.15, -0.1) is 6.42 Å². The molecule has 304 valence electrons. The number of aryl methyl sites for hydroxylation is 3. The molecule has 0 radical (unpaired) electrons. The highest BCUT2D eigenvalue weighted by atomic mass is 19.1. The Bertz CT molecular complexity index is 2320. The van der Waals surface area contributed by atoms with E-state index in [1.54, 1.807) is 19.9 Å². The molecular weight excluding hydrogens is 753 g/mol. The second-order valence-corrected chi connectivity index (χ2v) is 14.8. The van der Waals surface area contributed by atoms with E-state index in [4.69, 9.17) is 38.9 Å². The van der Waals surface area contributed by atoms with Crippen LogP contribution in [0.25, 0.3) is 11.2 Å². The third-order valence-corrected chi connectivity index (χ3v) is 9.06. The first-order valence-corrected chi connectivity index (χ1v) is 17.6. The van der Waals surface area contributed by atoms with Crippen LogP contribution in [-0.4, -0.2) is 72.5 Å². The summed E-state index contributed by atoms with van der Waals surface area (Å²) in [6, 6.07) is 3.62.